The quantitative estimate of drug-likeness (QED) is 0.103. The summed E-state index contributed by atoms with van der Waals surface area (Å²) < 4.78 is 12.8. The fourth-order valence-electron chi connectivity index (χ4n) is 6.84. The van der Waals surface area contributed by atoms with Gasteiger partial charge >= 0.3 is 0 Å². The molecule has 0 spiro atoms. The minimum atomic E-state index is 0.747. The topological polar surface area (TPSA) is 54.8 Å². The molecule has 0 bridgehead atoms. The number of aryl methyl sites for hydroxylation is 2. The summed E-state index contributed by atoms with van der Waals surface area (Å²) in [5.74, 6) is 1.50. The Bertz CT molecular complexity index is 2600. The van der Waals surface area contributed by atoms with Crippen molar-refractivity contribution in [1.29, 1.82) is 0 Å². The highest BCUT2D eigenvalue weighted by Gasteiger charge is 2.20. The minimum absolute atomic E-state index is 0.747. The number of hydrogen-bond acceptors (Lipinski definition) is 4. The monoisotopic (exact) mass is 637 g/mol. The fourth-order valence-corrected chi connectivity index (χ4v) is 6.84. The Morgan fingerprint density at radius 3 is 2.00 bits per heavy atom. The smallest absolute Gasteiger partial charge is 0.145 e. The summed E-state index contributed by atoms with van der Waals surface area (Å²) in [7, 11) is 1.81. The van der Waals surface area contributed by atoms with E-state index in [2.05, 4.69) is 92.4 Å². The Morgan fingerprint density at radius 2 is 1.29 bits per heavy atom. The number of amidine groups is 1. The van der Waals surface area contributed by atoms with Crippen molar-refractivity contribution in [3.05, 3.63) is 156 Å². The summed E-state index contributed by atoms with van der Waals surface area (Å²) in [6.45, 7) is 6.36. The zero-order valence-corrected chi connectivity index (χ0v) is 27.9. The molecule has 5 aromatic carbocycles. The molecule has 0 N–H and O–H groups in total. The van der Waals surface area contributed by atoms with E-state index >= 15 is 0 Å². The van der Waals surface area contributed by atoms with Crippen molar-refractivity contribution in [3.63, 3.8) is 0 Å². The van der Waals surface area contributed by atoms with E-state index in [0.29, 0.717) is 0 Å². The molecule has 0 aliphatic carbocycles. The second-order valence-corrected chi connectivity index (χ2v) is 12.3. The number of furan rings is 2. The summed E-state index contributed by atoms with van der Waals surface area (Å²) in [5.41, 5.74) is 10.8. The Balaban J connectivity index is 1.20. The van der Waals surface area contributed by atoms with E-state index in [1.165, 1.54) is 5.56 Å². The van der Waals surface area contributed by atoms with Gasteiger partial charge in [0.05, 0.1) is 5.69 Å². The molecule has 5 nitrogen and oxygen atoms in total. The highest BCUT2D eigenvalue weighted by molar-refractivity contribution is 6.12. The Labute approximate surface area is 285 Å². The van der Waals surface area contributed by atoms with Gasteiger partial charge in [0.1, 0.15) is 34.0 Å². The van der Waals surface area contributed by atoms with Gasteiger partial charge in [-0.2, -0.15) is 0 Å². The lowest BCUT2D eigenvalue weighted by Gasteiger charge is -2.24. The maximum absolute atomic E-state index is 6.43. The number of fused-ring (bicyclic) bond motifs is 6. The van der Waals surface area contributed by atoms with Gasteiger partial charge in [-0.3, -0.25) is 9.89 Å². The van der Waals surface area contributed by atoms with Crippen LogP contribution in [-0.4, -0.2) is 17.9 Å². The Morgan fingerprint density at radius 1 is 0.653 bits per heavy atom. The molecular weight excluding hydrogens is 603 g/mol. The molecule has 0 fully saturated rings. The number of allylic oxidation sites excluding steroid dienone is 3. The molecule has 8 rings (SSSR count). The minimum Gasteiger partial charge on any atom is -0.455 e. The maximum Gasteiger partial charge on any atom is 0.145 e. The average Bonchev–Trinajstić information content (AvgIpc) is 3.69. The van der Waals surface area contributed by atoms with Crippen LogP contribution >= 0.6 is 0 Å². The number of rotatable bonds is 6. The lowest BCUT2D eigenvalue weighted by molar-refractivity contribution is 0.667. The van der Waals surface area contributed by atoms with E-state index in [1.54, 1.807) is 0 Å². The highest BCUT2D eigenvalue weighted by Crippen LogP contribution is 2.39. The molecule has 238 valence electrons. The average molecular weight is 638 g/mol. The molecule has 0 atom stereocenters. The number of anilines is 2. The van der Waals surface area contributed by atoms with Crippen LogP contribution in [0, 0.1) is 13.8 Å². The van der Waals surface area contributed by atoms with E-state index in [0.717, 1.165) is 89.2 Å². The van der Waals surface area contributed by atoms with Gasteiger partial charge in [0, 0.05) is 45.4 Å². The third-order valence-electron chi connectivity index (χ3n) is 9.19. The van der Waals surface area contributed by atoms with Crippen LogP contribution < -0.4 is 4.90 Å². The fraction of sp³-hybridized carbons (Fsp3) is 0.0909. The summed E-state index contributed by atoms with van der Waals surface area (Å²) in [6.07, 6.45) is 6.21. The number of para-hydroxylation sites is 3. The van der Waals surface area contributed by atoms with Crippen molar-refractivity contribution < 1.29 is 8.83 Å². The lowest BCUT2D eigenvalue weighted by Crippen LogP contribution is -2.25. The highest BCUT2D eigenvalue weighted by atomic mass is 16.3. The van der Waals surface area contributed by atoms with Crippen molar-refractivity contribution in [2.45, 2.75) is 20.8 Å². The van der Waals surface area contributed by atoms with Gasteiger partial charge in [0.25, 0.3) is 0 Å². The number of aliphatic imine (C=N–C) groups is 1. The van der Waals surface area contributed by atoms with Gasteiger partial charge in [-0.1, -0.05) is 97.1 Å². The molecule has 0 saturated carbocycles. The predicted octanol–water partition coefficient (Wildman–Crippen LogP) is 12.0. The normalized spacial score (nSPS) is 12.7. The van der Waals surface area contributed by atoms with Crippen LogP contribution in [0.3, 0.4) is 0 Å². The van der Waals surface area contributed by atoms with Crippen molar-refractivity contribution >= 4 is 66.8 Å². The van der Waals surface area contributed by atoms with Crippen LogP contribution in [0.4, 0.5) is 11.5 Å². The predicted molar refractivity (Wildman–Crippen MR) is 205 cm³/mol. The molecular formula is C44H35N3O2. The first-order chi connectivity index (χ1) is 24.0. The van der Waals surface area contributed by atoms with Crippen LogP contribution in [0.2, 0.25) is 0 Å². The van der Waals surface area contributed by atoms with E-state index in [-0.39, 0.29) is 0 Å². The van der Waals surface area contributed by atoms with Crippen molar-refractivity contribution in [3.8, 4) is 11.3 Å². The second-order valence-electron chi connectivity index (χ2n) is 12.3. The van der Waals surface area contributed by atoms with E-state index in [1.807, 2.05) is 79.9 Å². The van der Waals surface area contributed by atoms with E-state index in [9.17, 15) is 0 Å². The first-order valence-corrected chi connectivity index (χ1v) is 16.5. The summed E-state index contributed by atoms with van der Waals surface area (Å²) in [5, 5.41) is 4.43. The maximum atomic E-state index is 6.43. The van der Waals surface area contributed by atoms with Crippen molar-refractivity contribution in [1.82, 2.24) is 4.98 Å². The van der Waals surface area contributed by atoms with E-state index < -0.39 is 0 Å². The molecule has 5 heteroatoms. The van der Waals surface area contributed by atoms with Gasteiger partial charge in [0.2, 0.25) is 0 Å². The number of nitrogens with zero attached hydrogens (tertiary/aromatic N) is 3. The van der Waals surface area contributed by atoms with Crippen molar-refractivity contribution in [2.75, 3.05) is 11.9 Å². The first kappa shape index (κ1) is 30.2. The molecule has 8 aromatic rings. The Hall–Kier alpha value is -6.20. The number of hydrogen-bond donors (Lipinski definition) is 0. The van der Waals surface area contributed by atoms with Crippen LogP contribution in [0.1, 0.15) is 23.6 Å². The second kappa shape index (κ2) is 12.4. The molecule has 0 radical (unpaired) electrons. The molecule has 0 unspecified atom stereocenters. The first-order valence-electron chi connectivity index (χ1n) is 16.5. The SMILES string of the molecule is C/N=C(/C=C\C=C(/C)c1c(C)ccc2c1oc1ccccc12)N(c1ccccc1)c1cccc(-c2c(C)ccc3c2oc2ccccc23)n1. The van der Waals surface area contributed by atoms with E-state index in [4.69, 9.17) is 18.8 Å². The van der Waals surface area contributed by atoms with Gasteiger partial charge < -0.3 is 8.83 Å². The lowest BCUT2D eigenvalue weighted by atomic mass is 9.98. The van der Waals surface area contributed by atoms with Crippen LogP contribution in [0.5, 0.6) is 0 Å². The molecule has 0 saturated heterocycles. The van der Waals surface area contributed by atoms with Gasteiger partial charge in [-0.05, 0) is 79.9 Å². The standard InChI is InChI=1S/C44H35N3O2/c1-28(41-29(2)24-26-34-32-17-8-10-20-37(32)48-43(34)41)14-12-22-39(45-4)47(31-15-6-5-7-16-31)40-23-13-19-36(46-40)42-30(3)25-27-35-33-18-9-11-21-38(33)49-44(35)42/h5-27H,1-4H3/b22-12-,28-14+,45-39-. The third-order valence-corrected chi connectivity index (χ3v) is 9.19. The van der Waals surface area contributed by atoms with Gasteiger partial charge in [-0.25, -0.2) is 4.98 Å². The van der Waals surface area contributed by atoms with Crippen LogP contribution in [0.15, 0.2) is 153 Å². The molecule has 0 amide bonds. The van der Waals surface area contributed by atoms with Crippen LogP contribution in [-0.2, 0) is 0 Å². The van der Waals surface area contributed by atoms with Crippen LogP contribution in [0.25, 0.3) is 60.7 Å². The zero-order valence-electron chi connectivity index (χ0n) is 27.9. The zero-order chi connectivity index (χ0) is 33.5. The third kappa shape index (κ3) is 5.30. The summed E-state index contributed by atoms with van der Waals surface area (Å²) in [6, 6.07) is 41.3. The van der Waals surface area contributed by atoms with Gasteiger partial charge in [-0.15, -0.1) is 0 Å². The summed E-state index contributed by atoms with van der Waals surface area (Å²) >= 11 is 0. The number of aromatic nitrogens is 1. The summed E-state index contributed by atoms with van der Waals surface area (Å²) in [4.78, 5) is 12.1. The number of benzene rings is 5. The van der Waals surface area contributed by atoms with Gasteiger partial charge in [0.15, 0.2) is 0 Å². The number of pyridine rings is 1. The Kier molecular flexibility index (Phi) is 7.65. The molecule has 49 heavy (non-hydrogen) atoms. The molecule has 0 aliphatic rings. The molecule has 0 aliphatic heterocycles. The molecule has 3 aromatic heterocycles. The molecule has 3 heterocycles. The van der Waals surface area contributed by atoms with Crippen molar-refractivity contribution in [2.24, 2.45) is 4.99 Å². The largest absolute Gasteiger partial charge is 0.455 e.